The van der Waals surface area contributed by atoms with Gasteiger partial charge in [-0.1, -0.05) is 34.6 Å². The zero-order valence-electron chi connectivity index (χ0n) is 25.1. The van der Waals surface area contributed by atoms with Crippen molar-refractivity contribution in [3.63, 3.8) is 0 Å². The maximum Gasteiger partial charge on any atom is 0.302 e. The Morgan fingerprint density at radius 3 is 2.05 bits per heavy atom. The first-order chi connectivity index (χ1) is 18.6. The highest BCUT2D eigenvalue weighted by Gasteiger charge is 2.88. The molecule has 2 heterocycles. The van der Waals surface area contributed by atoms with Crippen LogP contribution in [0.3, 0.4) is 0 Å². The summed E-state index contributed by atoms with van der Waals surface area (Å²) in [5.41, 5.74) is -0.842. The van der Waals surface area contributed by atoms with E-state index in [9.17, 15) is 14.4 Å². The van der Waals surface area contributed by atoms with Crippen LogP contribution >= 0.6 is 0 Å². The fourth-order valence-corrected chi connectivity index (χ4v) is 11.1. The van der Waals surface area contributed by atoms with E-state index >= 15 is 0 Å². The lowest BCUT2D eigenvalue weighted by Gasteiger charge is -2.70. The third-order valence-corrected chi connectivity index (χ3v) is 12.6. The molecule has 8 nitrogen and oxygen atoms in total. The van der Waals surface area contributed by atoms with Crippen LogP contribution in [-0.2, 0) is 33.3 Å². The van der Waals surface area contributed by atoms with Crippen LogP contribution in [0.5, 0.6) is 0 Å². The largest absolute Gasteiger partial charge is 0.472 e. The van der Waals surface area contributed by atoms with E-state index < -0.39 is 40.2 Å². The number of carbonyl (C=O) groups is 3. The standard InChI is InChI=1S/C32H44O8/c1-17(33)37-24-15-25(38-18(2)34)30(7)22-9-11-29(6)21(20-10-12-36-16-20)13-27-32(29,40-27)31(22,8)26(39-19(3)35)14-23(30)28(24,4)5/h10,12,16,21-27H,9,11,13-15H2,1-8H3/t21-,22+,23-,24+,25-,26+,27+,29-,30+,31-,32+/m0/s1. The van der Waals surface area contributed by atoms with Gasteiger partial charge in [0.25, 0.3) is 0 Å². The van der Waals surface area contributed by atoms with Gasteiger partial charge in [-0.15, -0.1) is 0 Å². The lowest BCUT2D eigenvalue weighted by molar-refractivity contribution is -0.289. The normalized spacial score (nSPS) is 48.0. The van der Waals surface area contributed by atoms with Crippen LogP contribution in [0.25, 0.3) is 0 Å². The average molecular weight is 557 g/mol. The number of esters is 3. The van der Waals surface area contributed by atoms with E-state index in [1.807, 2.05) is 6.26 Å². The number of rotatable bonds is 4. The number of hydrogen-bond acceptors (Lipinski definition) is 8. The Kier molecular flexibility index (Phi) is 5.97. The van der Waals surface area contributed by atoms with Gasteiger partial charge < -0.3 is 23.4 Å². The Labute approximate surface area is 236 Å². The lowest BCUT2D eigenvalue weighted by atomic mass is 9.35. The van der Waals surface area contributed by atoms with Gasteiger partial charge in [0.1, 0.15) is 23.9 Å². The summed E-state index contributed by atoms with van der Waals surface area (Å²) in [4.78, 5) is 37.4. The third-order valence-electron chi connectivity index (χ3n) is 12.6. The topological polar surface area (TPSA) is 105 Å². The van der Waals surface area contributed by atoms with Gasteiger partial charge in [0.15, 0.2) is 0 Å². The highest BCUT2D eigenvalue weighted by molar-refractivity contribution is 5.67. The second kappa shape index (κ2) is 8.59. The predicted octanol–water partition coefficient (Wildman–Crippen LogP) is 5.58. The molecule has 0 bridgehead atoms. The molecule has 0 aromatic carbocycles. The molecule has 5 fully saturated rings. The minimum atomic E-state index is -0.511. The first-order valence-electron chi connectivity index (χ1n) is 14.9. The third kappa shape index (κ3) is 3.31. The van der Waals surface area contributed by atoms with Crippen LogP contribution in [0.15, 0.2) is 23.0 Å². The van der Waals surface area contributed by atoms with Gasteiger partial charge in [-0.05, 0) is 55.1 Å². The summed E-state index contributed by atoms with van der Waals surface area (Å²) < 4.78 is 30.7. The average Bonchev–Trinajstić information content (AvgIpc) is 3.20. The van der Waals surface area contributed by atoms with Crippen molar-refractivity contribution in [2.75, 3.05) is 0 Å². The van der Waals surface area contributed by atoms with Crippen molar-refractivity contribution in [3.05, 3.63) is 24.2 Å². The summed E-state index contributed by atoms with van der Waals surface area (Å²) in [5.74, 6) is -0.694. The molecule has 1 aliphatic heterocycles. The van der Waals surface area contributed by atoms with Gasteiger partial charge in [0.2, 0.25) is 0 Å². The minimum Gasteiger partial charge on any atom is -0.472 e. The van der Waals surface area contributed by atoms with Crippen LogP contribution in [-0.4, -0.2) is 47.9 Å². The molecule has 1 spiro atoms. The Morgan fingerprint density at radius 2 is 1.45 bits per heavy atom. The number of carbonyl (C=O) groups excluding carboxylic acids is 3. The number of epoxide rings is 1. The summed E-state index contributed by atoms with van der Waals surface area (Å²) in [6.07, 6.45) is 6.14. The zero-order valence-corrected chi connectivity index (χ0v) is 25.1. The molecular formula is C32H44O8. The van der Waals surface area contributed by atoms with E-state index in [1.165, 1.54) is 26.3 Å². The van der Waals surface area contributed by atoms with E-state index in [2.05, 4.69) is 40.7 Å². The van der Waals surface area contributed by atoms with Crippen molar-refractivity contribution < 1.29 is 37.7 Å². The molecular weight excluding hydrogens is 512 g/mol. The zero-order chi connectivity index (χ0) is 29.0. The first kappa shape index (κ1) is 27.8. The van der Waals surface area contributed by atoms with Gasteiger partial charge >= 0.3 is 17.9 Å². The van der Waals surface area contributed by atoms with Crippen LogP contribution in [0.1, 0.15) is 99.0 Å². The van der Waals surface area contributed by atoms with Crippen LogP contribution < -0.4 is 0 Å². The minimum absolute atomic E-state index is 0.0334. The molecule has 6 rings (SSSR count). The van der Waals surface area contributed by atoms with E-state index in [4.69, 9.17) is 23.4 Å². The Balaban J connectivity index is 1.50. The summed E-state index contributed by atoms with van der Waals surface area (Å²) in [5, 5.41) is 0. The van der Waals surface area contributed by atoms with Crippen molar-refractivity contribution in [1.82, 2.24) is 0 Å². The SMILES string of the molecule is CC(=O)O[C@H]1C[C@@H](OC(C)=O)C(C)(C)[C@@H]2C[C@@H](OC(C)=O)[C@]3(C)[C@H](CC[C@@]4(C)[C@H](c5ccoc5)C[C@H]5O[C@@]534)[C@@]12C. The van der Waals surface area contributed by atoms with Gasteiger partial charge in [0.05, 0.1) is 18.6 Å². The first-order valence-corrected chi connectivity index (χ1v) is 14.9. The highest BCUT2D eigenvalue weighted by Crippen LogP contribution is 2.83. The Bertz CT molecular complexity index is 1220. The van der Waals surface area contributed by atoms with Gasteiger partial charge in [-0.25, -0.2) is 0 Å². The molecule has 4 saturated carbocycles. The van der Waals surface area contributed by atoms with E-state index in [0.29, 0.717) is 12.8 Å². The molecule has 0 unspecified atom stereocenters. The van der Waals surface area contributed by atoms with Crippen molar-refractivity contribution in [2.24, 2.45) is 33.5 Å². The summed E-state index contributed by atoms with van der Waals surface area (Å²) in [6.45, 7) is 15.5. The quantitative estimate of drug-likeness (QED) is 0.269. The highest BCUT2D eigenvalue weighted by atomic mass is 16.6. The van der Waals surface area contributed by atoms with E-state index in [0.717, 1.165) is 19.3 Å². The molecule has 40 heavy (non-hydrogen) atoms. The molecule has 1 aromatic rings. The smallest absolute Gasteiger partial charge is 0.302 e. The lowest BCUT2D eigenvalue weighted by Crippen LogP contribution is -2.74. The Hall–Kier alpha value is -2.35. The molecule has 220 valence electrons. The second-order valence-electron chi connectivity index (χ2n) is 14.5. The van der Waals surface area contributed by atoms with Crippen molar-refractivity contribution in [2.45, 2.75) is 123 Å². The molecule has 0 N–H and O–H groups in total. The number of fused-ring (bicyclic) bond motifs is 3. The second-order valence-corrected chi connectivity index (χ2v) is 14.5. The maximum absolute atomic E-state index is 12.7. The number of furan rings is 1. The monoisotopic (exact) mass is 556 g/mol. The molecule has 1 aromatic heterocycles. The van der Waals surface area contributed by atoms with Crippen LogP contribution in [0, 0.1) is 33.5 Å². The molecule has 8 heteroatoms. The van der Waals surface area contributed by atoms with Gasteiger partial charge in [-0.2, -0.15) is 0 Å². The van der Waals surface area contributed by atoms with Crippen molar-refractivity contribution in [3.8, 4) is 0 Å². The fraction of sp³-hybridized carbons (Fsp3) is 0.781. The summed E-state index contributed by atoms with van der Waals surface area (Å²) in [7, 11) is 0. The summed E-state index contributed by atoms with van der Waals surface area (Å²) in [6, 6.07) is 2.07. The molecule has 4 aliphatic carbocycles. The number of ether oxygens (including phenoxy) is 4. The predicted molar refractivity (Wildman–Crippen MR) is 144 cm³/mol. The Morgan fingerprint density at radius 1 is 0.825 bits per heavy atom. The maximum atomic E-state index is 12.7. The summed E-state index contributed by atoms with van der Waals surface area (Å²) >= 11 is 0. The van der Waals surface area contributed by atoms with Crippen LogP contribution in [0.2, 0.25) is 0 Å². The van der Waals surface area contributed by atoms with Crippen LogP contribution in [0.4, 0.5) is 0 Å². The molecule has 1 saturated heterocycles. The van der Waals surface area contributed by atoms with E-state index in [-0.39, 0.29) is 47.2 Å². The fourth-order valence-electron chi connectivity index (χ4n) is 11.1. The van der Waals surface area contributed by atoms with Gasteiger partial charge in [-0.3, -0.25) is 14.4 Å². The van der Waals surface area contributed by atoms with Crippen molar-refractivity contribution >= 4 is 17.9 Å². The van der Waals surface area contributed by atoms with Crippen molar-refractivity contribution in [1.29, 1.82) is 0 Å². The number of hydrogen-bond donors (Lipinski definition) is 0. The van der Waals surface area contributed by atoms with Gasteiger partial charge in [0, 0.05) is 48.9 Å². The van der Waals surface area contributed by atoms with E-state index in [1.54, 1.807) is 6.26 Å². The molecule has 0 radical (unpaired) electrons. The molecule has 0 amide bonds. The molecule has 11 atom stereocenters. The molecule has 5 aliphatic rings.